The highest BCUT2D eigenvalue weighted by Gasteiger charge is 2.13. The predicted molar refractivity (Wildman–Crippen MR) is 90.2 cm³/mol. The van der Waals surface area contributed by atoms with Crippen molar-refractivity contribution in [1.29, 1.82) is 0 Å². The summed E-state index contributed by atoms with van der Waals surface area (Å²) in [5.74, 6) is 0.613. The Balaban J connectivity index is 1.69. The Morgan fingerprint density at radius 3 is 2.83 bits per heavy atom. The molecule has 0 radical (unpaired) electrons. The van der Waals surface area contributed by atoms with E-state index in [1.54, 1.807) is 42.1 Å². The third-order valence-corrected chi connectivity index (χ3v) is 3.85. The molecule has 2 heterocycles. The van der Waals surface area contributed by atoms with Crippen LogP contribution in [0.1, 0.15) is 21.6 Å². The minimum absolute atomic E-state index is 0.193. The van der Waals surface area contributed by atoms with E-state index in [1.807, 2.05) is 31.2 Å². The van der Waals surface area contributed by atoms with Gasteiger partial charge in [-0.2, -0.15) is 10.2 Å². The molecule has 3 rings (SSSR count). The Kier molecular flexibility index (Phi) is 4.33. The lowest BCUT2D eigenvalue weighted by Gasteiger charge is -2.05. The van der Waals surface area contributed by atoms with Crippen LogP contribution in [-0.2, 0) is 13.6 Å². The van der Waals surface area contributed by atoms with Crippen molar-refractivity contribution in [3.8, 4) is 5.75 Å². The molecule has 0 aliphatic rings. The first kappa shape index (κ1) is 15.8. The molecule has 0 bridgehead atoms. The molecule has 7 heteroatoms. The molecule has 124 valence electrons. The molecule has 0 saturated heterocycles. The fourth-order valence-electron chi connectivity index (χ4n) is 2.39. The fourth-order valence-corrected chi connectivity index (χ4v) is 2.39. The van der Waals surface area contributed by atoms with Crippen molar-refractivity contribution in [2.75, 3.05) is 12.4 Å². The second kappa shape index (κ2) is 6.57. The van der Waals surface area contributed by atoms with E-state index in [0.29, 0.717) is 17.8 Å². The van der Waals surface area contributed by atoms with E-state index < -0.39 is 0 Å². The number of carbonyl (C=O) groups excluding carboxylic acids is 1. The van der Waals surface area contributed by atoms with Gasteiger partial charge in [-0.15, -0.1) is 0 Å². The molecule has 2 aromatic heterocycles. The number of hydrogen-bond acceptors (Lipinski definition) is 4. The number of hydrogen-bond donors (Lipinski definition) is 1. The van der Waals surface area contributed by atoms with Gasteiger partial charge in [0.05, 0.1) is 37.3 Å². The van der Waals surface area contributed by atoms with Crippen molar-refractivity contribution in [3.63, 3.8) is 0 Å². The van der Waals surface area contributed by atoms with Crippen molar-refractivity contribution < 1.29 is 9.53 Å². The van der Waals surface area contributed by atoms with Crippen LogP contribution in [-0.4, -0.2) is 32.6 Å². The van der Waals surface area contributed by atoms with Gasteiger partial charge in [-0.05, 0) is 24.6 Å². The number of carbonyl (C=O) groups is 1. The number of benzene rings is 1. The molecule has 0 fully saturated rings. The van der Waals surface area contributed by atoms with Crippen molar-refractivity contribution in [2.24, 2.45) is 7.05 Å². The topological polar surface area (TPSA) is 74.0 Å². The van der Waals surface area contributed by atoms with Gasteiger partial charge in [0.15, 0.2) is 0 Å². The second-order valence-corrected chi connectivity index (χ2v) is 5.50. The molecule has 0 aliphatic heterocycles. The molecule has 0 saturated carbocycles. The van der Waals surface area contributed by atoms with Gasteiger partial charge in [-0.25, -0.2) is 0 Å². The molecule has 3 aromatic rings. The maximum absolute atomic E-state index is 12.3. The van der Waals surface area contributed by atoms with Gasteiger partial charge in [0, 0.05) is 18.9 Å². The van der Waals surface area contributed by atoms with E-state index in [0.717, 1.165) is 17.0 Å². The van der Waals surface area contributed by atoms with Crippen LogP contribution in [0.3, 0.4) is 0 Å². The van der Waals surface area contributed by atoms with Crippen LogP contribution in [0, 0.1) is 6.92 Å². The molecular formula is C17H19N5O2. The number of aromatic nitrogens is 4. The zero-order valence-electron chi connectivity index (χ0n) is 13.9. The largest absolute Gasteiger partial charge is 0.497 e. The zero-order chi connectivity index (χ0) is 17.1. The highest BCUT2D eigenvalue weighted by atomic mass is 16.5. The summed E-state index contributed by atoms with van der Waals surface area (Å²) < 4.78 is 8.65. The lowest BCUT2D eigenvalue weighted by atomic mass is 10.2. The third-order valence-electron chi connectivity index (χ3n) is 3.85. The summed E-state index contributed by atoms with van der Waals surface area (Å²) >= 11 is 0. The van der Waals surface area contributed by atoms with E-state index >= 15 is 0 Å². The Bertz CT molecular complexity index is 866. The second-order valence-electron chi connectivity index (χ2n) is 5.50. The average molecular weight is 325 g/mol. The molecule has 0 atom stereocenters. The first-order chi connectivity index (χ1) is 11.6. The molecule has 0 spiro atoms. The molecule has 1 aromatic carbocycles. The Hall–Kier alpha value is -3.09. The van der Waals surface area contributed by atoms with Gasteiger partial charge in [-0.3, -0.25) is 14.2 Å². The van der Waals surface area contributed by atoms with E-state index in [1.165, 1.54) is 0 Å². The number of nitrogens with zero attached hydrogens (tertiary/aromatic N) is 4. The first-order valence-corrected chi connectivity index (χ1v) is 7.52. The molecule has 1 amide bonds. The Morgan fingerprint density at radius 2 is 2.12 bits per heavy atom. The number of ether oxygens (including phenoxy) is 1. The summed E-state index contributed by atoms with van der Waals surface area (Å²) in [5, 5.41) is 11.2. The van der Waals surface area contributed by atoms with Crippen molar-refractivity contribution in [1.82, 2.24) is 19.6 Å². The molecule has 1 N–H and O–H groups in total. The number of amides is 1. The summed E-state index contributed by atoms with van der Waals surface area (Å²) in [7, 11) is 3.44. The van der Waals surface area contributed by atoms with Gasteiger partial charge >= 0.3 is 0 Å². The highest BCUT2D eigenvalue weighted by Crippen LogP contribution is 2.15. The van der Waals surface area contributed by atoms with Crippen LogP contribution in [0.2, 0.25) is 0 Å². The lowest BCUT2D eigenvalue weighted by molar-refractivity contribution is 0.102. The maximum Gasteiger partial charge on any atom is 0.259 e. The van der Waals surface area contributed by atoms with Gasteiger partial charge in [-0.1, -0.05) is 12.1 Å². The smallest absolute Gasteiger partial charge is 0.259 e. The predicted octanol–water partition coefficient (Wildman–Crippen LogP) is 2.23. The van der Waals surface area contributed by atoms with Gasteiger partial charge in [0.2, 0.25) is 0 Å². The summed E-state index contributed by atoms with van der Waals surface area (Å²) in [5.41, 5.74) is 3.08. The van der Waals surface area contributed by atoms with Gasteiger partial charge in [0.25, 0.3) is 5.91 Å². The summed E-state index contributed by atoms with van der Waals surface area (Å²) in [6, 6.07) is 7.79. The minimum atomic E-state index is -0.193. The van der Waals surface area contributed by atoms with Crippen molar-refractivity contribution >= 4 is 11.6 Å². The maximum atomic E-state index is 12.3. The van der Waals surface area contributed by atoms with Crippen molar-refractivity contribution in [3.05, 3.63) is 59.7 Å². The fraction of sp³-hybridized carbons (Fsp3) is 0.235. The monoisotopic (exact) mass is 325 g/mol. The molecule has 0 aliphatic carbocycles. The number of rotatable bonds is 5. The zero-order valence-corrected chi connectivity index (χ0v) is 13.9. The lowest BCUT2D eigenvalue weighted by Crippen LogP contribution is -2.12. The van der Waals surface area contributed by atoms with Crippen LogP contribution >= 0.6 is 0 Å². The van der Waals surface area contributed by atoms with Crippen LogP contribution in [0.4, 0.5) is 5.69 Å². The summed E-state index contributed by atoms with van der Waals surface area (Å²) in [6.45, 7) is 2.45. The van der Waals surface area contributed by atoms with Crippen LogP contribution in [0.15, 0.2) is 42.9 Å². The molecular weight excluding hydrogens is 306 g/mol. The SMILES string of the molecule is COc1cccc(Cn2cc(NC(=O)c3cnn(C)c3C)cn2)c1. The van der Waals surface area contributed by atoms with Gasteiger partial charge in [0.1, 0.15) is 5.75 Å². The van der Waals surface area contributed by atoms with Crippen LogP contribution in [0.5, 0.6) is 5.75 Å². The van der Waals surface area contributed by atoms with Crippen LogP contribution in [0.25, 0.3) is 0 Å². The number of nitrogens with one attached hydrogen (secondary N) is 1. The average Bonchev–Trinajstić information content (AvgIpc) is 3.15. The van der Waals surface area contributed by atoms with E-state index in [2.05, 4.69) is 15.5 Å². The standard InChI is InChI=1S/C17H19N5O2/c1-12-16(9-18-21(12)2)17(23)20-14-8-19-22(11-14)10-13-5-4-6-15(7-13)24-3/h4-9,11H,10H2,1-3H3,(H,20,23). The van der Waals surface area contributed by atoms with Crippen LogP contribution < -0.4 is 10.1 Å². The normalized spacial score (nSPS) is 10.6. The number of methoxy groups -OCH3 is 1. The Morgan fingerprint density at radius 1 is 1.29 bits per heavy atom. The molecule has 7 nitrogen and oxygen atoms in total. The first-order valence-electron chi connectivity index (χ1n) is 7.52. The van der Waals surface area contributed by atoms with Crippen molar-refractivity contribution in [2.45, 2.75) is 13.5 Å². The third kappa shape index (κ3) is 3.29. The minimum Gasteiger partial charge on any atom is -0.497 e. The van der Waals surface area contributed by atoms with E-state index in [9.17, 15) is 4.79 Å². The number of anilines is 1. The molecule has 24 heavy (non-hydrogen) atoms. The highest BCUT2D eigenvalue weighted by molar-refractivity contribution is 6.04. The summed E-state index contributed by atoms with van der Waals surface area (Å²) in [4.78, 5) is 12.3. The summed E-state index contributed by atoms with van der Waals surface area (Å²) in [6.07, 6.45) is 4.98. The quantitative estimate of drug-likeness (QED) is 0.781. The number of aryl methyl sites for hydroxylation is 1. The van der Waals surface area contributed by atoms with Gasteiger partial charge < -0.3 is 10.1 Å². The Labute approximate surface area is 139 Å². The molecule has 0 unspecified atom stereocenters. The van der Waals surface area contributed by atoms with E-state index in [4.69, 9.17) is 4.74 Å². The van der Waals surface area contributed by atoms with E-state index in [-0.39, 0.29) is 5.91 Å².